The fourth-order valence-corrected chi connectivity index (χ4v) is 4.61. The number of fused-ring (bicyclic) bond motifs is 1. The summed E-state index contributed by atoms with van der Waals surface area (Å²) in [6.45, 7) is 5.92. The van der Waals surface area contributed by atoms with Crippen LogP contribution in [0.2, 0.25) is 5.02 Å². The van der Waals surface area contributed by atoms with Crippen molar-refractivity contribution < 1.29 is 9.53 Å². The smallest absolute Gasteiger partial charge is 0.227 e. The number of nitrogens with one attached hydrogen (secondary N) is 1. The number of anilines is 1. The molecule has 0 amide bonds. The molecule has 0 bridgehead atoms. The molecule has 1 aromatic heterocycles. The van der Waals surface area contributed by atoms with Crippen LogP contribution in [0.3, 0.4) is 0 Å². The highest BCUT2D eigenvalue weighted by Crippen LogP contribution is 2.40. The maximum absolute atomic E-state index is 12.7. The SMILES string of the molecule is CCCSc1nc2n(n1)C(c1ccccc1OCc1ccccc1Cl)C(C(C)=O)=C(C)N2. The highest BCUT2D eigenvalue weighted by atomic mass is 35.5. The van der Waals surface area contributed by atoms with Crippen LogP contribution in [-0.4, -0.2) is 26.3 Å². The average molecular weight is 469 g/mol. The Labute approximate surface area is 197 Å². The molecule has 1 N–H and O–H groups in total. The molecule has 8 heteroatoms. The number of halogens is 1. The summed E-state index contributed by atoms with van der Waals surface area (Å²) >= 11 is 7.91. The van der Waals surface area contributed by atoms with Crippen LogP contribution in [0.5, 0.6) is 5.75 Å². The molecule has 0 spiro atoms. The van der Waals surface area contributed by atoms with Crippen molar-refractivity contribution in [2.75, 3.05) is 11.1 Å². The molecule has 1 aliphatic rings. The molecular weight excluding hydrogens is 444 g/mol. The lowest BCUT2D eigenvalue weighted by Gasteiger charge is -2.29. The first-order chi connectivity index (χ1) is 15.5. The van der Waals surface area contributed by atoms with Gasteiger partial charge in [-0.25, -0.2) is 4.68 Å². The van der Waals surface area contributed by atoms with E-state index in [1.54, 1.807) is 23.4 Å². The molecular formula is C24H25ClN4O2S. The van der Waals surface area contributed by atoms with E-state index in [9.17, 15) is 4.79 Å². The Balaban J connectivity index is 1.75. The van der Waals surface area contributed by atoms with Gasteiger partial charge in [-0.05, 0) is 32.4 Å². The van der Waals surface area contributed by atoms with Gasteiger partial charge in [0, 0.05) is 33.2 Å². The maximum atomic E-state index is 12.7. The summed E-state index contributed by atoms with van der Waals surface area (Å²) < 4.78 is 7.99. The number of thioether (sulfide) groups is 1. The highest BCUT2D eigenvalue weighted by molar-refractivity contribution is 7.99. The predicted molar refractivity (Wildman–Crippen MR) is 128 cm³/mol. The quantitative estimate of drug-likeness (QED) is 0.415. The number of benzene rings is 2. The number of hydrogen-bond donors (Lipinski definition) is 1. The minimum absolute atomic E-state index is 0.0233. The minimum Gasteiger partial charge on any atom is -0.488 e. The van der Waals surface area contributed by atoms with E-state index in [2.05, 4.69) is 17.2 Å². The Hall–Kier alpha value is -2.77. The van der Waals surface area contributed by atoms with Crippen molar-refractivity contribution in [1.29, 1.82) is 0 Å². The van der Waals surface area contributed by atoms with Crippen molar-refractivity contribution in [3.63, 3.8) is 0 Å². The first kappa shape index (κ1) is 22.4. The number of hydrogen-bond acceptors (Lipinski definition) is 6. The number of para-hydroxylation sites is 1. The third-order valence-corrected chi connectivity index (χ3v) is 6.61. The standard InChI is InChI=1S/C24H25ClN4O2S/c1-4-13-32-24-27-23-26-15(2)21(16(3)30)22(29(23)28-24)18-10-6-8-12-20(18)31-14-17-9-5-7-11-19(17)25/h5-12,22H,4,13-14H2,1-3H3,(H,26,27,28). The first-order valence-electron chi connectivity index (χ1n) is 10.5. The second-order valence-electron chi connectivity index (χ2n) is 7.55. The lowest BCUT2D eigenvalue weighted by Crippen LogP contribution is -2.28. The molecule has 0 fully saturated rings. The molecule has 0 aliphatic carbocycles. The third kappa shape index (κ3) is 4.54. The number of rotatable bonds is 8. The number of allylic oxidation sites excluding steroid dienone is 2. The lowest BCUT2D eigenvalue weighted by molar-refractivity contribution is -0.114. The summed E-state index contributed by atoms with van der Waals surface area (Å²) in [5.74, 6) is 2.20. The third-order valence-electron chi connectivity index (χ3n) is 5.20. The number of ketones is 1. The van der Waals surface area contributed by atoms with Crippen LogP contribution in [0.1, 0.15) is 44.4 Å². The van der Waals surface area contributed by atoms with Crippen molar-refractivity contribution in [3.8, 4) is 5.75 Å². The monoisotopic (exact) mass is 468 g/mol. The van der Waals surface area contributed by atoms with Gasteiger partial charge in [-0.1, -0.05) is 66.7 Å². The van der Waals surface area contributed by atoms with Crippen LogP contribution in [0.25, 0.3) is 0 Å². The van der Waals surface area contributed by atoms with Gasteiger partial charge in [-0.2, -0.15) is 4.98 Å². The second kappa shape index (κ2) is 9.79. The second-order valence-corrected chi connectivity index (χ2v) is 9.02. The number of Topliss-reactive ketones (excluding diaryl/α,β-unsaturated/α-hetero) is 1. The van der Waals surface area contributed by atoms with Crippen LogP contribution in [0.4, 0.5) is 5.95 Å². The van der Waals surface area contributed by atoms with E-state index in [0.29, 0.717) is 34.1 Å². The van der Waals surface area contributed by atoms with Crippen LogP contribution in [0.15, 0.2) is 65.0 Å². The predicted octanol–water partition coefficient (Wildman–Crippen LogP) is 5.89. The maximum Gasteiger partial charge on any atom is 0.227 e. The first-order valence-corrected chi connectivity index (χ1v) is 11.9. The van der Waals surface area contributed by atoms with Crippen LogP contribution in [-0.2, 0) is 11.4 Å². The highest BCUT2D eigenvalue weighted by Gasteiger charge is 2.34. The molecule has 2 heterocycles. The van der Waals surface area contributed by atoms with E-state index in [0.717, 1.165) is 29.0 Å². The van der Waals surface area contributed by atoms with E-state index in [1.807, 2.05) is 55.5 Å². The van der Waals surface area contributed by atoms with Crippen LogP contribution in [0, 0.1) is 0 Å². The summed E-state index contributed by atoms with van der Waals surface area (Å²) in [6.07, 6.45) is 1.03. The Morgan fingerprint density at radius 1 is 1.22 bits per heavy atom. The zero-order valence-corrected chi connectivity index (χ0v) is 19.8. The molecule has 1 unspecified atom stereocenters. The van der Waals surface area contributed by atoms with E-state index < -0.39 is 6.04 Å². The molecule has 3 aromatic rings. The van der Waals surface area contributed by atoms with Crippen LogP contribution >= 0.6 is 23.4 Å². The number of carbonyl (C=O) groups is 1. The van der Waals surface area contributed by atoms with E-state index >= 15 is 0 Å². The van der Waals surface area contributed by atoms with Crippen LogP contribution < -0.4 is 10.1 Å². The molecule has 0 saturated carbocycles. The topological polar surface area (TPSA) is 69.0 Å². The summed E-state index contributed by atoms with van der Waals surface area (Å²) in [6, 6.07) is 14.9. The van der Waals surface area contributed by atoms with E-state index in [4.69, 9.17) is 21.4 Å². The van der Waals surface area contributed by atoms with E-state index in [1.165, 1.54) is 0 Å². The normalized spacial score (nSPS) is 15.3. The van der Waals surface area contributed by atoms with Crippen molar-refractivity contribution >= 4 is 35.1 Å². The number of aromatic nitrogens is 3. The fraction of sp³-hybridized carbons (Fsp3) is 0.292. The summed E-state index contributed by atoms with van der Waals surface area (Å²) in [5.41, 5.74) is 3.16. The molecule has 1 atom stereocenters. The van der Waals surface area contributed by atoms with Crippen molar-refractivity contribution in [3.05, 3.63) is 76.0 Å². The van der Waals surface area contributed by atoms with Gasteiger partial charge in [0.05, 0.1) is 0 Å². The van der Waals surface area contributed by atoms with Gasteiger partial charge < -0.3 is 10.1 Å². The largest absolute Gasteiger partial charge is 0.488 e. The van der Waals surface area contributed by atoms with Crippen molar-refractivity contribution in [1.82, 2.24) is 14.8 Å². The number of nitrogens with zero attached hydrogens (tertiary/aromatic N) is 3. The van der Waals surface area contributed by atoms with Gasteiger partial charge in [-0.15, -0.1) is 5.10 Å². The molecule has 6 nitrogen and oxygen atoms in total. The molecule has 4 rings (SSSR count). The summed E-state index contributed by atoms with van der Waals surface area (Å²) in [5, 5.41) is 9.32. The molecule has 32 heavy (non-hydrogen) atoms. The summed E-state index contributed by atoms with van der Waals surface area (Å²) in [4.78, 5) is 17.3. The Bertz CT molecular complexity index is 1170. The van der Waals surface area contributed by atoms with Gasteiger partial charge in [0.25, 0.3) is 0 Å². The van der Waals surface area contributed by atoms with Crippen molar-refractivity contribution in [2.24, 2.45) is 0 Å². The van der Waals surface area contributed by atoms with Crippen molar-refractivity contribution in [2.45, 2.75) is 45.0 Å². The molecule has 0 radical (unpaired) electrons. The van der Waals surface area contributed by atoms with Gasteiger partial charge in [-0.3, -0.25) is 4.79 Å². The Kier molecular flexibility index (Phi) is 6.86. The molecule has 166 valence electrons. The lowest BCUT2D eigenvalue weighted by atomic mass is 9.92. The summed E-state index contributed by atoms with van der Waals surface area (Å²) in [7, 11) is 0. The number of ether oxygens (including phenoxy) is 1. The van der Waals surface area contributed by atoms with Gasteiger partial charge in [0.15, 0.2) is 5.78 Å². The molecule has 0 saturated heterocycles. The fourth-order valence-electron chi connectivity index (χ4n) is 3.74. The molecule has 2 aromatic carbocycles. The molecule has 1 aliphatic heterocycles. The van der Waals surface area contributed by atoms with Gasteiger partial charge in [0.2, 0.25) is 11.1 Å². The minimum atomic E-state index is -0.435. The average Bonchev–Trinajstić information content (AvgIpc) is 3.18. The van der Waals surface area contributed by atoms with E-state index in [-0.39, 0.29) is 5.78 Å². The van der Waals surface area contributed by atoms with Gasteiger partial charge >= 0.3 is 0 Å². The zero-order valence-electron chi connectivity index (χ0n) is 18.3. The number of carbonyl (C=O) groups excluding carboxylic acids is 1. The zero-order chi connectivity index (χ0) is 22.7. The Morgan fingerprint density at radius 2 is 1.97 bits per heavy atom. The van der Waals surface area contributed by atoms with Gasteiger partial charge in [0.1, 0.15) is 18.4 Å². The Morgan fingerprint density at radius 3 is 2.72 bits per heavy atom.